The number of hydrogen-bond donors (Lipinski definition) is 1. The van der Waals surface area contributed by atoms with E-state index in [-0.39, 0.29) is 29.7 Å². The zero-order valence-corrected chi connectivity index (χ0v) is 21.5. The number of phenolic OH excluding ortho intramolecular Hbond substituents is 1. The second-order valence-corrected chi connectivity index (χ2v) is 10.7. The summed E-state index contributed by atoms with van der Waals surface area (Å²) in [6, 6.07) is 12.7. The Morgan fingerprint density at radius 2 is 1.86 bits per heavy atom. The van der Waals surface area contributed by atoms with Gasteiger partial charge in [-0.15, -0.1) is 0 Å². The second-order valence-electron chi connectivity index (χ2n) is 10.7. The molecule has 3 bridgehead atoms. The third kappa shape index (κ3) is 4.09. The van der Waals surface area contributed by atoms with E-state index in [0.29, 0.717) is 24.5 Å². The van der Waals surface area contributed by atoms with Crippen LogP contribution in [0.25, 0.3) is 22.9 Å². The first-order chi connectivity index (χ1) is 18.0. The molecule has 0 fully saturated rings. The number of phenols is 1. The van der Waals surface area contributed by atoms with Crippen molar-refractivity contribution in [3.8, 4) is 11.5 Å². The molecule has 4 nitrogen and oxygen atoms in total. The van der Waals surface area contributed by atoms with E-state index in [1.54, 1.807) is 7.11 Å². The smallest absolute Gasteiger partial charge is 0.163 e. The van der Waals surface area contributed by atoms with E-state index in [1.807, 2.05) is 12.1 Å². The van der Waals surface area contributed by atoms with Gasteiger partial charge < -0.3 is 9.84 Å². The number of benzene rings is 3. The molecule has 0 heterocycles. The summed E-state index contributed by atoms with van der Waals surface area (Å²) < 4.78 is 5.55. The zero-order valence-electron chi connectivity index (χ0n) is 21.5. The minimum atomic E-state index is -0.180. The number of rotatable bonds is 2. The van der Waals surface area contributed by atoms with Crippen LogP contribution in [0.15, 0.2) is 48.0 Å². The molecule has 0 saturated heterocycles. The van der Waals surface area contributed by atoms with Gasteiger partial charge in [-0.05, 0) is 88.3 Å². The number of allylic oxidation sites excluding steroid dienone is 2. The number of carbonyl (C=O) groups excluding carboxylic acids is 2. The van der Waals surface area contributed by atoms with Crippen LogP contribution in [0.1, 0.15) is 78.3 Å². The highest BCUT2D eigenvalue weighted by atomic mass is 16.5. The van der Waals surface area contributed by atoms with Crippen molar-refractivity contribution < 1.29 is 19.4 Å². The standard InChI is InChI=1S/C33H32O4/c1-3-19-8-10-25(34)18-26(35)11-9-21-17-31(37-2)33(36)30-16-23-12-20-6-4-5-7-27(20)29-14-22(19)13-24(32(23)29)15-28(21)30/h4-7,9,11-12,14,17,19,24,36H,3,8,10,13,15-16,18H2,1-2H3/t19-,24-/m0/s1. The van der Waals surface area contributed by atoms with E-state index in [9.17, 15) is 14.7 Å². The summed E-state index contributed by atoms with van der Waals surface area (Å²) in [4.78, 5) is 25.4. The summed E-state index contributed by atoms with van der Waals surface area (Å²) >= 11 is 0. The van der Waals surface area contributed by atoms with Crippen molar-refractivity contribution in [2.45, 2.75) is 57.8 Å². The van der Waals surface area contributed by atoms with Gasteiger partial charge in [0.1, 0.15) is 5.78 Å². The van der Waals surface area contributed by atoms with Crippen LogP contribution in [0, 0.1) is 5.92 Å². The number of fused-ring (bicyclic) bond motifs is 3. The number of ether oxygens (including phenoxy) is 1. The summed E-state index contributed by atoms with van der Waals surface area (Å²) in [6.07, 6.45) is 10.2. The van der Waals surface area contributed by atoms with Gasteiger partial charge in [0.15, 0.2) is 17.3 Å². The summed E-state index contributed by atoms with van der Waals surface area (Å²) in [6.45, 7) is 2.20. The maximum Gasteiger partial charge on any atom is 0.163 e. The predicted molar refractivity (Wildman–Crippen MR) is 147 cm³/mol. The Morgan fingerprint density at radius 3 is 2.68 bits per heavy atom. The molecule has 0 radical (unpaired) electrons. The third-order valence-electron chi connectivity index (χ3n) is 8.60. The molecule has 3 aliphatic carbocycles. The van der Waals surface area contributed by atoms with Gasteiger partial charge in [-0.25, -0.2) is 0 Å². The van der Waals surface area contributed by atoms with E-state index in [2.05, 4.69) is 43.3 Å². The Hall–Kier alpha value is -3.66. The molecule has 0 saturated carbocycles. The van der Waals surface area contributed by atoms with E-state index in [4.69, 9.17) is 4.74 Å². The van der Waals surface area contributed by atoms with Crippen LogP contribution < -0.4 is 4.74 Å². The van der Waals surface area contributed by atoms with Crippen molar-refractivity contribution in [2.24, 2.45) is 5.92 Å². The number of ketones is 2. The fraction of sp³-hybridized carbons (Fsp3) is 0.333. The topological polar surface area (TPSA) is 63.6 Å². The minimum absolute atomic E-state index is 0.000212. The fourth-order valence-electron chi connectivity index (χ4n) is 6.77. The molecule has 0 unspecified atom stereocenters. The van der Waals surface area contributed by atoms with Crippen LogP contribution in [0.3, 0.4) is 0 Å². The lowest BCUT2D eigenvalue weighted by Crippen LogP contribution is -2.17. The quantitative estimate of drug-likeness (QED) is 0.394. The summed E-state index contributed by atoms with van der Waals surface area (Å²) in [5.41, 5.74) is 8.13. The Morgan fingerprint density at radius 1 is 1.03 bits per heavy atom. The lowest BCUT2D eigenvalue weighted by molar-refractivity contribution is -0.124. The molecule has 0 spiro atoms. The highest BCUT2D eigenvalue weighted by Gasteiger charge is 2.33. The molecule has 3 aromatic carbocycles. The molecule has 0 amide bonds. The minimum Gasteiger partial charge on any atom is -0.504 e. The summed E-state index contributed by atoms with van der Waals surface area (Å²) in [5, 5.41) is 13.7. The van der Waals surface area contributed by atoms with Crippen molar-refractivity contribution >= 4 is 34.5 Å². The first-order valence-corrected chi connectivity index (χ1v) is 13.4. The van der Waals surface area contributed by atoms with Crippen molar-refractivity contribution in [1.82, 2.24) is 0 Å². The number of hydrogen-bond acceptors (Lipinski definition) is 4. The van der Waals surface area contributed by atoms with Crippen molar-refractivity contribution in [3.05, 3.63) is 81.4 Å². The van der Waals surface area contributed by atoms with Gasteiger partial charge in [-0.3, -0.25) is 9.59 Å². The average Bonchev–Trinajstić information content (AvgIpc) is 3.06. The van der Waals surface area contributed by atoms with E-state index < -0.39 is 0 Å². The first kappa shape index (κ1) is 23.7. The Balaban J connectivity index is 1.65. The molecule has 1 N–H and O–H groups in total. The Labute approximate surface area is 217 Å². The molecule has 2 atom stereocenters. The molecule has 3 aliphatic rings. The first-order valence-electron chi connectivity index (χ1n) is 13.4. The Bertz CT molecular complexity index is 1510. The normalized spacial score (nSPS) is 21.0. The van der Waals surface area contributed by atoms with Crippen molar-refractivity contribution in [2.75, 3.05) is 7.11 Å². The van der Waals surface area contributed by atoms with Crippen LogP contribution in [-0.2, 0) is 22.4 Å². The van der Waals surface area contributed by atoms with Gasteiger partial charge in [0.05, 0.1) is 13.5 Å². The van der Waals surface area contributed by atoms with Gasteiger partial charge in [0.25, 0.3) is 0 Å². The lowest BCUT2D eigenvalue weighted by atomic mass is 9.73. The maximum absolute atomic E-state index is 12.7. The molecule has 0 aromatic heterocycles. The SMILES string of the molecule is CC[C@H]1CCC(=O)CC(=O)C=Cc2cc(OC)c(O)c3c2C[C@@H]2CC1=Cc1c2c(cc2ccccc12)C3. The van der Waals surface area contributed by atoms with Gasteiger partial charge in [-0.1, -0.05) is 55.0 Å². The van der Waals surface area contributed by atoms with Crippen LogP contribution in [0.5, 0.6) is 11.5 Å². The number of carbonyl (C=O) groups is 2. The Kier molecular flexibility index (Phi) is 5.98. The molecular weight excluding hydrogens is 460 g/mol. The second kappa shape index (κ2) is 9.33. The van der Waals surface area contributed by atoms with Gasteiger partial charge in [-0.2, -0.15) is 0 Å². The van der Waals surface area contributed by atoms with Crippen molar-refractivity contribution in [3.63, 3.8) is 0 Å². The summed E-state index contributed by atoms with van der Waals surface area (Å²) in [5.74, 6) is 0.973. The molecule has 3 aromatic rings. The largest absolute Gasteiger partial charge is 0.504 e. The van der Waals surface area contributed by atoms with Gasteiger partial charge in [0.2, 0.25) is 0 Å². The molecule has 4 heteroatoms. The highest BCUT2D eigenvalue weighted by Crippen LogP contribution is 2.49. The lowest BCUT2D eigenvalue weighted by Gasteiger charge is -2.31. The highest BCUT2D eigenvalue weighted by molar-refractivity contribution is 6.06. The number of aromatic hydroxyl groups is 1. The zero-order chi connectivity index (χ0) is 25.7. The van der Waals surface area contributed by atoms with E-state index in [0.717, 1.165) is 42.4 Å². The molecule has 6 rings (SSSR count). The van der Waals surface area contributed by atoms with Crippen LogP contribution in [0.2, 0.25) is 0 Å². The van der Waals surface area contributed by atoms with E-state index >= 15 is 0 Å². The van der Waals surface area contributed by atoms with Crippen LogP contribution in [-0.4, -0.2) is 23.8 Å². The maximum atomic E-state index is 12.7. The molecular formula is C33H32O4. The average molecular weight is 493 g/mol. The van der Waals surface area contributed by atoms with E-state index in [1.165, 1.54) is 39.1 Å². The molecule has 37 heavy (non-hydrogen) atoms. The van der Waals surface area contributed by atoms with Gasteiger partial charge in [0, 0.05) is 18.4 Å². The third-order valence-corrected chi connectivity index (χ3v) is 8.60. The van der Waals surface area contributed by atoms with Crippen LogP contribution >= 0.6 is 0 Å². The predicted octanol–water partition coefficient (Wildman–Crippen LogP) is 6.93. The van der Waals surface area contributed by atoms with Gasteiger partial charge >= 0.3 is 0 Å². The molecule has 0 aliphatic heterocycles. The van der Waals surface area contributed by atoms with Crippen molar-refractivity contribution in [1.29, 1.82) is 0 Å². The monoisotopic (exact) mass is 492 g/mol. The fourth-order valence-corrected chi connectivity index (χ4v) is 6.77. The number of Topliss-reactive ketones (excluding diaryl/α,β-unsaturated/α-hetero) is 1. The van der Waals surface area contributed by atoms with Crippen LogP contribution in [0.4, 0.5) is 0 Å². The number of methoxy groups -OCH3 is 1. The molecule has 188 valence electrons. The summed E-state index contributed by atoms with van der Waals surface area (Å²) in [7, 11) is 1.55.